The number of rotatable bonds is 5. The van der Waals surface area contributed by atoms with Gasteiger partial charge in [0.1, 0.15) is 10.7 Å². The van der Waals surface area contributed by atoms with Crippen LogP contribution in [0.1, 0.15) is 13.8 Å². The number of sulfonamides is 1. The highest BCUT2D eigenvalue weighted by atomic mass is 32.2. The first-order valence-corrected chi connectivity index (χ1v) is 6.74. The van der Waals surface area contributed by atoms with E-state index in [-0.39, 0.29) is 12.3 Å². The van der Waals surface area contributed by atoms with Gasteiger partial charge in [0.25, 0.3) is 0 Å². The predicted octanol–water partition coefficient (Wildman–Crippen LogP) is 1.11. The lowest BCUT2D eigenvalue weighted by Gasteiger charge is -2.25. The minimum Gasteiger partial charge on any atom is -0.399 e. The van der Waals surface area contributed by atoms with Gasteiger partial charge in [-0.2, -0.15) is 0 Å². The van der Waals surface area contributed by atoms with Gasteiger partial charge in [-0.05, 0) is 32.0 Å². The van der Waals surface area contributed by atoms with Crippen LogP contribution in [0.5, 0.6) is 0 Å². The van der Waals surface area contributed by atoms with Crippen LogP contribution in [0.25, 0.3) is 0 Å². The average Bonchev–Trinajstić information content (AvgIpc) is 2.14. The lowest BCUT2D eigenvalue weighted by atomic mass is 10.1. The molecule has 1 rings (SSSR count). The van der Waals surface area contributed by atoms with Crippen LogP contribution in [0.15, 0.2) is 23.1 Å². The quantitative estimate of drug-likeness (QED) is 0.789. The molecule has 1 aromatic rings. The topological polar surface area (TPSA) is 81.4 Å². The highest BCUT2D eigenvalue weighted by molar-refractivity contribution is 7.89. The van der Waals surface area contributed by atoms with Gasteiger partial charge < -0.3 is 10.5 Å². The molecule has 0 aliphatic heterocycles. The maximum atomic E-state index is 13.6. The molecule has 0 amide bonds. The first-order chi connectivity index (χ1) is 8.18. The summed E-state index contributed by atoms with van der Waals surface area (Å²) in [7, 11) is -2.49. The van der Waals surface area contributed by atoms with Gasteiger partial charge in [0.15, 0.2) is 0 Å². The first kappa shape index (κ1) is 14.9. The molecule has 0 saturated heterocycles. The van der Waals surface area contributed by atoms with Gasteiger partial charge in [-0.3, -0.25) is 0 Å². The number of hydrogen-bond acceptors (Lipinski definition) is 4. The molecule has 0 radical (unpaired) electrons. The summed E-state index contributed by atoms with van der Waals surface area (Å²) in [5.41, 5.74) is 4.71. The molecule has 0 unspecified atom stereocenters. The number of anilines is 1. The molecule has 102 valence electrons. The van der Waals surface area contributed by atoms with E-state index in [2.05, 4.69) is 4.72 Å². The zero-order valence-electron chi connectivity index (χ0n) is 10.5. The number of nitrogen functional groups attached to an aromatic ring is 1. The van der Waals surface area contributed by atoms with Crippen molar-refractivity contribution < 1.29 is 17.5 Å². The summed E-state index contributed by atoms with van der Waals surface area (Å²) in [5, 5.41) is 0. The van der Waals surface area contributed by atoms with E-state index in [1.165, 1.54) is 13.2 Å². The molecule has 0 fully saturated rings. The Labute approximate surface area is 106 Å². The Kier molecular flexibility index (Phi) is 4.31. The van der Waals surface area contributed by atoms with E-state index in [0.717, 1.165) is 12.1 Å². The summed E-state index contributed by atoms with van der Waals surface area (Å²) in [5.74, 6) is -0.879. The Bertz CT molecular complexity index is 529. The summed E-state index contributed by atoms with van der Waals surface area (Å²) in [6, 6.07) is 3.44. The van der Waals surface area contributed by atoms with Gasteiger partial charge in [-0.1, -0.05) is 0 Å². The van der Waals surface area contributed by atoms with Gasteiger partial charge in [-0.25, -0.2) is 17.5 Å². The Hall–Kier alpha value is -1.18. The maximum absolute atomic E-state index is 13.6. The second-order valence-electron chi connectivity index (χ2n) is 4.61. The van der Waals surface area contributed by atoms with E-state index in [9.17, 15) is 12.8 Å². The summed E-state index contributed by atoms with van der Waals surface area (Å²) in [6.07, 6.45) is 0. The molecule has 0 saturated carbocycles. The third-order valence-electron chi connectivity index (χ3n) is 2.16. The molecule has 7 heteroatoms. The average molecular weight is 276 g/mol. The normalized spacial score (nSPS) is 12.7. The standard InChI is InChI=1S/C11H17FN2O3S/c1-11(2,7-17-3)14-18(15,16)10-5-4-8(13)6-9(10)12/h4-6,14H,7,13H2,1-3H3. The smallest absolute Gasteiger partial charge is 0.244 e. The van der Waals surface area contributed by atoms with Gasteiger partial charge in [0.2, 0.25) is 10.0 Å². The molecule has 0 aliphatic rings. The molecule has 0 aromatic heterocycles. The SMILES string of the molecule is COCC(C)(C)NS(=O)(=O)c1ccc(N)cc1F. The molecule has 3 N–H and O–H groups in total. The monoisotopic (exact) mass is 276 g/mol. The molecular formula is C11H17FN2O3S. The lowest BCUT2D eigenvalue weighted by molar-refractivity contribution is 0.141. The van der Waals surface area contributed by atoms with Crippen molar-refractivity contribution in [3.63, 3.8) is 0 Å². The van der Waals surface area contributed by atoms with Crippen LogP contribution in [0.2, 0.25) is 0 Å². The van der Waals surface area contributed by atoms with Crippen molar-refractivity contribution >= 4 is 15.7 Å². The van der Waals surface area contributed by atoms with E-state index in [4.69, 9.17) is 10.5 Å². The van der Waals surface area contributed by atoms with Crippen LogP contribution < -0.4 is 10.5 Å². The summed E-state index contributed by atoms with van der Waals surface area (Å²) >= 11 is 0. The number of nitrogens with one attached hydrogen (secondary N) is 1. The fourth-order valence-corrected chi connectivity index (χ4v) is 3.00. The second kappa shape index (κ2) is 5.21. The second-order valence-corrected chi connectivity index (χ2v) is 6.26. The molecule has 0 bridgehead atoms. The van der Waals surface area contributed by atoms with Gasteiger partial charge in [0, 0.05) is 12.8 Å². The Balaban J connectivity index is 3.07. The third-order valence-corrected chi connectivity index (χ3v) is 3.89. The molecule has 0 atom stereocenters. The Morgan fingerprint density at radius 2 is 2.06 bits per heavy atom. The zero-order chi connectivity index (χ0) is 14.0. The molecule has 0 heterocycles. The van der Waals surface area contributed by atoms with Crippen molar-refractivity contribution in [2.45, 2.75) is 24.3 Å². The minimum atomic E-state index is -3.95. The van der Waals surface area contributed by atoms with E-state index >= 15 is 0 Å². The van der Waals surface area contributed by atoms with Crippen molar-refractivity contribution in [3.05, 3.63) is 24.0 Å². The molecule has 0 spiro atoms. The first-order valence-electron chi connectivity index (χ1n) is 5.26. The summed E-state index contributed by atoms with van der Waals surface area (Å²) in [6.45, 7) is 3.45. The fraction of sp³-hybridized carbons (Fsp3) is 0.455. The van der Waals surface area contributed by atoms with Crippen LogP contribution in [-0.4, -0.2) is 27.7 Å². The predicted molar refractivity (Wildman–Crippen MR) is 67.1 cm³/mol. The number of halogens is 1. The van der Waals surface area contributed by atoms with E-state index in [1.807, 2.05) is 0 Å². The third kappa shape index (κ3) is 3.66. The Morgan fingerprint density at radius 3 is 2.56 bits per heavy atom. The van der Waals surface area contributed by atoms with Crippen molar-refractivity contribution in [1.29, 1.82) is 0 Å². The van der Waals surface area contributed by atoms with Gasteiger partial charge in [0.05, 0.1) is 12.1 Å². The van der Waals surface area contributed by atoms with E-state index in [0.29, 0.717) is 0 Å². The highest BCUT2D eigenvalue weighted by Crippen LogP contribution is 2.19. The number of benzene rings is 1. The Morgan fingerprint density at radius 1 is 1.44 bits per heavy atom. The molecule has 5 nitrogen and oxygen atoms in total. The zero-order valence-corrected chi connectivity index (χ0v) is 11.3. The maximum Gasteiger partial charge on any atom is 0.244 e. The van der Waals surface area contributed by atoms with Crippen molar-refractivity contribution in [2.75, 3.05) is 19.5 Å². The molecule has 0 aliphatic carbocycles. The van der Waals surface area contributed by atoms with Crippen LogP contribution in [0.4, 0.5) is 10.1 Å². The molecule has 18 heavy (non-hydrogen) atoms. The van der Waals surface area contributed by atoms with Crippen LogP contribution in [0.3, 0.4) is 0 Å². The number of methoxy groups -OCH3 is 1. The number of ether oxygens (including phenoxy) is 1. The van der Waals surface area contributed by atoms with Crippen molar-refractivity contribution in [2.24, 2.45) is 0 Å². The molecular weight excluding hydrogens is 259 g/mol. The van der Waals surface area contributed by atoms with Crippen molar-refractivity contribution in [1.82, 2.24) is 4.72 Å². The van der Waals surface area contributed by atoms with Crippen LogP contribution in [-0.2, 0) is 14.8 Å². The summed E-state index contributed by atoms with van der Waals surface area (Å²) < 4.78 is 44.9. The lowest BCUT2D eigenvalue weighted by Crippen LogP contribution is -2.46. The summed E-state index contributed by atoms with van der Waals surface area (Å²) in [4.78, 5) is -0.430. The van der Waals surface area contributed by atoms with E-state index < -0.39 is 26.3 Å². The van der Waals surface area contributed by atoms with Gasteiger partial charge in [-0.15, -0.1) is 0 Å². The fourth-order valence-electron chi connectivity index (χ4n) is 1.54. The van der Waals surface area contributed by atoms with E-state index in [1.54, 1.807) is 13.8 Å². The number of nitrogens with two attached hydrogens (primary N) is 1. The number of hydrogen-bond donors (Lipinski definition) is 2. The van der Waals surface area contributed by atoms with Crippen LogP contribution >= 0.6 is 0 Å². The van der Waals surface area contributed by atoms with Gasteiger partial charge >= 0.3 is 0 Å². The van der Waals surface area contributed by atoms with Crippen molar-refractivity contribution in [3.8, 4) is 0 Å². The molecule has 1 aromatic carbocycles. The highest BCUT2D eigenvalue weighted by Gasteiger charge is 2.28. The van der Waals surface area contributed by atoms with Crippen LogP contribution in [0, 0.1) is 5.82 Å². The minimum absolute atomic E-state index is 0.169. The largest absolute Gasteiger partial charge is 0.399 e.